The Morgan fingerprint density at radius 1 is 0.299 bits per heavy atom. The lowest BCUT2D eigenvalue weighted by Gasteiger charge is -2.28. The van der Waals surface area contributed by atoms with Gasteiger partial charge < -0.3 is 23.7 Å². The number of hydrogen-bond acceptors (Lipinski definition) is 10. The molecule has 0 aromatic carbocycles. The van der Waals surface area contributed by atoms with Crippen LogP contribution in [-0.4, -0.2) is 64.4 Å². The lowest BCUT2D eigenvalue weighted by atomic mass is 9.78. The Morgan fingerprint density at radius 3 is 0.897 bits per heavy atom. The van der Waals surface area contributed by atoms with Crippen LogP contribution in [0.2, 0.25) is 0 Å². The van der Waals surface area contributed by atoms with Gasteiger partial charge in [-0.15, -0.1) is 0 Å². The highest BCUT2D eigenvalue weighted by Crippen LogP contribution is 2.34. The zero-order valence-electron chi connectivity index (χ0n) is 59.5. The predicted octanol–water partition coefficient (Wildman–Crippen LogP) is 24.0. The minimum absolute atomic E-state index is 0. The van der Waals surface area contributed by atoms with Crippen molar-refractivity contribution in [1.29, 1.82) is 0 Å². The first-order valence-electron chi connectivity index (χ1n) is 37.4. The number of ether oxygens (including phenoxy) is 5. The van der Waals surface area contributed by atoms with Crippen molar-refractivity contribution in [3.8, 4) is 0 Å². The Morgan fingerprint density at radius 2 is 0.586 bits per heavy atom. The minimum atomic E-state index is -0.438. The Hall–Kier alpha value is -2.65. The molecule has 0 spiro atoms. The fraction of sp³-hybridized carbons (Fsp3) is 0.935. The summed E-state index contributed by atoms with van der Waals surface area (Å²) in [6.07, 6.45) is 62.1. The summed E-state index contributed by atoms with van der Waals surface area (Å²) in [5.74, 6) is 1.61. The smallest absolute Gasteiger partial charge is 0.309 e. The maximum atomic E-state index is 12.1. The van der Waals surface area contributed by atoms with E-state index in [0.29, 0.717) is 37.9 Å². The van der Waals surface area contributed by atoms with Gasteiger partial charge in [-0.25, -0.2) is 0 Å². The molecule has 0 fully saturated rings. The van der Waals surface area contributed by atoms with Crippen molar-refractivity contribution < 1.29 is 47.7 Å². The van der Waals surface area contributed by atoms with Crippen LogP contribution in [0.4, 0.5) is 0 Å². The van der Waals surface area contributed by atoms with Gasteiger partial charge in [-0.1, -0.05) is 339 Å². The summed E-state index contributed by atoms with van der Waals surface area (Å²) in [6.45, 7) is 20.3. The molecule has 0 saturated carbocycles. The maximum absolute atomic E-state index is 12.1. The highest BCUT2D eigenvalue weighted by atomic mass is 16.5. The number of methoxy groups -OCH3 is 3. The summed E-state index contributed by atoms with van der Waals surface area (Å²) in [7, 11) is 4.49. The van der Waals surface area contributed by atoms with Crippen LogP contribution in [0.1, 0.15) is 397 Å². The van der Waals surface area contributed by atoms with E-state index < -0.39 is 5.92 Å². The van der Waals surface area contributed by atoms with Crippen molar-refractivity contribution in [2.75, 3.05) is 34.5 Å². The predicted molar refractivity (Wildman–Crippen MR) is 372 cm³/mol. The Balaban J connectivity index is -0.000000649. The van der Waals surface area contributed by atoms with Crippen molar-refractivity contribution in [3.63, 3.8) is 0 Å². The van der Waals surface area contributed by atoms with Crippen molar-refractivity contribution in [1.82, 2.24) is 0 Å². The first kappa shape index (κ1) is 90.8. The molecule has 10 nitrogen and oxygen atoms in total. The van der Waals surface area contributed by atoms with Gasteiger partial charge in [0, 0.05) is 12.8 Å². The number of hydrogen-bond donors (Lipinski definition) is 0. The molecule has 0 aromatic heterocycles. The molecule has 0 radical (unpaired) electrons. The zero-order chi connectivity index (χ0) is 64.4. The fourth-order valence-electron chi connectivity index (χ4n) is 11.9. The van der Waals surface area contributed by atoms with Gasteiger partial charge in [0.05, 0.1) is 52.8 Å². The molecule has 0 aliphatic heterocycles. The zero-order valence-corrected chi connectivity index (χ0v) is 59.5. The van der Waals surface area contributed by atoms with Gasteiger partial charge in [0.1, 0.15) is 0 Å². The molecule has 0 heterocycles. The highest BCUT2D eigenvalue weighted by molar-refractivity contribution is 5.79. The van der Waals surface area contributed by atoms with Crippen LogP contribution in [0.15, 0.2) is 0 Å². The molecule has 520 valence electrons. The van der Waals surface area contributed by atoms with Crippen LogP contribution in [0.3, 0.4) is 0 Å². The normalized spacial score (nSPS) is 13.1. The molecule has 0 rings (SSSR count). The van der Waals surface area contributed by atoms with E-state index in [1.54, 1.807) is 6.92 Å². The van der Waals surface area contributed by atoms with E-state index in [4.69, 9.17) is 23.7 Å². The fourth-order valence-corrected chi connectivity index (χ4v) is 11.9. The number of unbranched alkanes of at least 4 members (excludes halogenated alkanes) is 30. The summed E-state index contributed by atoms with van der Waals surface area (Å²) >= 11 is 0. The van der Waals surface area contributed by atoms with E-state index in [9.17, 15) is 24.0 Å². The molecular formula is C77H152O10. The van der Waals surface area contributed by atoms with Gasteiger partial charge in [-0.3, -0.25) is 24.0 Å². The van der Waals surface area contributed by atoms with E-state index >= 15 is 0 Å². The topological polar surface area (TPSA) is 132 Å². The van der Waals surface area contributed by atoms with Crippen molar-refractivity contribution in [2.45, 2.75) is 397 Å². The molecular weight excluding hydrogens is 1080 g/mol. The standard InChI is InChI=1S/C38H74O4.C21H40O4.C17H34O2.CH4/c1-5-7-9-11-13-17-23-29-35(31-25-19-15-21-27-33-37(39)41-3)36(30-24-18-14-12-10-8-6-2)32-26-20-16-22-28-34-38(40)42-4;1-6-10-12-18(8-3)15-24-20(22)14-17(5)21(23)25-16-19(9-4)13-11-7-2;1-4-6-8-10-11-13-15-16(17(18)19-3)14-12-9-7-5-2;/h35-36H,5-34H2,1-4H3;17-19H,6-16H2,1-5H3;16H,4-15H2,1-3H3;1H4. The Labute approximate surface area is 542 Å². The van der Waals surface area contributed by atoms with Crippen LogP contribution < -0.4 is 0 Å². The molecule has 87 heavy (non-hydrogen) atoms. The molecule has 0 aliphatic carbocycles. The maximum Gasteiger partial charge on any atom is 0.309 e. The van der Waals surface area contributed by atoms with Crippen LogP contribution in [0, 0.1) is 35.5 Å². The first-order valence-corrected chi connectivity index (χ1v) is 37.4. The molecule has 0 bridgehead atoms. The number of rotatable bonds is 61. The van der Waals surface area contributed by atoms with Gasteiger partial charge in [0.15, 0.2) is 0 Å². The van der Waals surface area contributed by atoms with E-state index in [1.165, 1.54) is 240 Å². The Bertz CT molecular complexity index is 1400. The summed E-state index contributed by atoms with van der Waals surface area (Å²) in [6, 6.07) is 0. The molecule has 6 unspecified atom stereocenters. The first-order chi connectivity index (χ1) is 41.8. The average molecular weight is 1240 g/mol. The number of esters is 5. The largest absolute Gasteiger partial charge is 0.469 e. The second-order valence-corrected chi connectivity index (χ2v) is 26.0. The summed E-state index contributed by atoms with van der Waals surface area (Å²) < 4.78 is 25.3. The van der Waals surface area contributed by atoms with Crippen molar-refractivity contribution >= 4 is 29.8 Å². The number of carbonyl (C=O) groups is 5. The van der Waals surface area contributed by atoms with Crippen LogP contribution in [0.5, 0.6) is 0 Å². The lowest BCUT2D eigenvalue weighted by Crippen LogP contribution is -2.23. The highest BCUT2D eigenvalue weighted by Gasteiger charge is 2.23. The van der Waals surface area contributed by atoms with Crippen molar-refractivity contribution in [2.24, 2.45) is 35.5 Å². The molecule has 0 N–H and O–H groups in total. The molecule has 0 aromatic rings. The van der Waals surface area contributed by atoms with E-state index in [1.807, 2.05) is 0 Å². The second-order valence-electron chi connectivity index (χ2n) is 26.0. The van der Waals surface area contributed by atoms with Gasteiger partial charge in [0.2, 0.25) is 0 Å². The second kappa shape index (κ2) is 72.4. The van der Waals surface area contributed by atoms with Gasteiger partial charge >= 0.3 is 29.8 Å². The third-order valence-electron chi connectivity index (χ3n) is 18.1. The quantitative estimate of drug-likeness (QED) is 0.0329. The molecule has 10 heteroatoms. The van der Waals surface area contributed by atoms with Crippen LogP contribution in [-0.2, 0) is 47.7 Å². The lowest BCUT2D eigenvalue weighted by molar-refractivity contribution is -0.156. The van der Waals surface area contributed by atoms with E-state index in [-0.39, 0.29) is 49.6 Å². The van der Waals surface area contributed by atoms with Gasteiger partial charge in [0.25, 0.3) is 0 Å². The van der Waals surface area contributed by atoms with Crippen LogP contribution in [0.25, 0.3) is 0 Å². The molecule has 0 aliphatic rings. The average Bonchev–Trinajstić information content (AvgIpc) is 3.70. The molecule has 0 amide bonds. The monoisotopic (exact) mass is 1240 g/mol. The van der Waals surface area contributed by atoms with E-state index in [2.05, 4.69) is 55.4 Å². The summed E-state index contributed by atoms with van der Waals surface area (Å²) in [5.41, 5.74) is 0. The molecule has 0 saturated heterocycles. The molecule has 6 atom stereocenters. The number of carbonyl (C=O) groups excluding carboxylic acids is 5. The van der Waals surface area contributed by atoms with E-state index in [0.717, 1.165) is 102 Å². The summed E-state index contributed by atoms with van der Waals surface area (Å²) in [5, 5.41) is 0. The summed E-state index contributed by atoms with van der Waals surface area (Å²) in [4.78, 5) is 58.5. The van der Waals surface area contributed by atoms with Crippen LogP contribution >= 0.6 is 0 Å². The van der Waals surface area contributed by atoms with Gasteiger partial charge in [-0.2, -0.15) is 0 Å². The Kier molecular flexibility index (Phi) is 75.5. The minimum Gasteiger partial charge on any atom is -0.469 e. The third-order valence-corrected chi connectivity index (χ3v) is 18.1. The van der Waals surface area contributed by atoms with Gasteiger partial charge in [-0.05, 0) is 62.2 Å². The van der Waals surface area contributed by atoms with Crippen molar-refractivity contribution in [3.05, 3.63) is 0 Å². The third kappa shape index (κ3) is 63.3. The SMILES string of the molecule is C.CCCCC(CC)COC(=O)CC(C)C(=O)OCC(CC)CCCC.CCCCCCCCC(CCCCCC)C(=O)OC.CCCCCCCCCC(CCCCCCCC(=O)OC)C(CCCCCCCCC)CCCCCCCC(=O)OC.